The molecule has 1 aliphatic rings. The van der Waals surface area contributed by atoms with Gasteiger partial charge in [0.05, 0.1) is 6.10 Å². The Morgan fingerprint density at radius 3 is 2.78 bits per heavy atom. The van der Waals surface area contributed by atoms with Crippen molar-refractivity contribution in [3.63, 3.8) is 0 Å². The predicted molar refractivity (Wildman–Crippen MR) is 78.7 cm³/mol. The van der Waals surface area contributed by atoms with Crippen LogP contribution < -0.4 is 10.6 Å². The summed E-state index contributed by atoms with van der Waals surface area (Å²) in [6.07, 6.45) is 0.682. The molecule has 1 aliphatic heterocycles. The summed E-state index contributed by atoms with van der Waals surface area (Å²) in [6.45, 7) is 5.90. The van der Waals surface area contributed by atoms with E-state index in [1.807, 2.05) is 6.92 Å². The van der Waals surface area contributed by atoms with Gasteiger partial charge in [0.25, 0.3) is 0 Å². The molecule has 1 aromatic carbocycles. The predicted octanol–water partition coefficient (Wildman–Crippen LogP) is 2.68. The molecule has 1 fully saturated rings. The second-order valence-corrected chi connectivity index (χ2v) is 6.13. The van der Waals surface area contributed by atoms with Crippen molar-refractivity contribution in [2.45, 2.75) is 32.4 Å². The molecule has 0 spiro atoms. The fourth-order valence-electron chi connectivity index (χ4n) is 2.45. The first-order valence-corrected chi connectivity index (χ1v) is 7.26. The van der Waals surface area contributed by atoms with Crippen LogP contribution in [0.25, 0.3) is 0 Å². The number of nitrogens with two attached hydrogens (primary N) is 1. The monoisotopic (exact) mass is 312 g/mol. The molecule has 2 unspecified atom stereocenters. The lowest BCUT2D eigenvalue weighted by atomic mass is 9.96. The third kappa shape index (κ3) is 2.87. The van der Waals surface area contributed by atoms with Crippen molar-refractivity contribution in [3.05, 3.63) is 28.2 Å². The molecule has 0 aliphatic carbocycles. The van der Waals surface area contributed by atoms with Crippen LogP contribution in [-0.2, 0) is 0 Å². The number of hydrogen-bond donors (Lipinski definition) is 2. The van der Waals surface area contributed by atoms with Gasteiger partial charge in [-0.05, 0) is 37.0 Å². The van der Waals surface area contributed by atoms with Crippen LogP contribution in [-0.4, -0.2) is 24.3 Å². The summed E-state index contributed by atoms with van der Waals surface area (Å²) < 4.78 is 1.06. The Kier molecular flexibility index (Phi) is 4.30. The van der Waals surface area contributed by atoms with Gasteiger partial charge in [-0.3, -0.25) is 0 Å². The van der Waals surface area contributed by atoms with Crippen molar-refractivity contribution in [2.24, 2.45) is 11.7 Å². The molecule has 0 aromatic heterocycles. The highest BCUT2D eigenvalue weighted by Crippen LogP contribution is 2.29. The van der Waals surface area contributed by atoms with Crippen LogP contribution in [0, 0.1) is 5.92 Å². The lowest BCUT2D eigenvalue weighted by Crippen LogP contribution is -2.41. The van der Waals surface area contributed by atoms with Gasteiger partial charge < -0.3 is 15.7 Å². The van der Waals surface area contributed by atoms with Gasteiger partial charge in [0.15, 0.2) is 0 Å². The van der Waals surface area contributed by atoms with Crippen LogP contribution >= 0.6 is 15.9 Å². The molecule has 4 heteroatoms. The highest BCUT2D eigenvalue weighted by atomic mass is 79.9. The summed E-state index contributed by atoms with van der Waals surface area (Å²) in [4.78, 5) is 2.33. The number of benzene rings is 1. The van der Waals surface area contributed by atoms with E-state index in [4.69, 9.17) is 5.73 Å². The second kappa shape index (κ2) is 5.59. The minimum Gasteiger partial charge on any atom is -0.393 e. The Hall–Kier alpha value is -0.580. The zero-order valence-electron chi connectivity index (χ0n) is 10.9. The van der Waals surface area contributed by atoms with Gasteiger partial charge in [-0.15, -0.1) is 0 Å². The van der Waals surface area contributed by atoms with Crippen molar-refractivity contribution in [1.82, 2.24) is 0 Å². The zero-order chi connectivity index (χ0) is 13.3. The zero-order valence-corrected chi connectivity index (χ0v) is 12.5. The normalized spacial score (nSPS) is 26.2. The molecule has 3 nitrogen and oxygen atoms in total. The highest BCUT2D eigenvalue weighted by Gasteiger charge is 2.24. The standard InChI is InChI=1S/C14H21BrN2O/c1-9-8-17(6-5-14(9)18)11-3-4-12(10(2)16)13(15)7-11/h3-4,7,9-10,14,18H,5-6,8,16H2,1-2H3/t9?,10-,14?/m0/s1. The summed E-state index contributed by atoms with van der Waals surface area (Å²) in [5.41, 5.74) is 8.23. The van der Waals surface area contributed by atoms with Crippen molar-refractivity contribution in [2.75, 3.05) is 18.0 Å². The molecule has 0 bridgehead atoms. The molecular weight excluding hydrogens is 292 g/mol. The van der Waals surface area contributed by atoms with E-state index in [1.165, 1.54) is 5.69 Å². The van der Waals surface area contributed by atoms with Crippen molar-refractivity contribution >= 4 is 21.6 Å². The first-order valence-electron chi connectivity index (χ1n) is 6.47. The largest absolute Gasteiger partial charge is 0.393 e. The number of anilines is 1. The third-order valence-electron chi connectivity index (χ3n) is 3.70. The first kappa shape index (κ1) is 13.8. The van der Waals surface area contributed by atoms with Gasteiger partial charge >= 0.3 is 0 Å². The number of aliphatic hydroxyl groups is 1. The fourth-order valence-corrected chi connectivity index (χ4v) is 3.18. The molecular formula is C14H21BrN2O. The van der Waals surface area contributed by atoms with Gasteiger partial charge in [0.1, 0.15) is 0 Å². The van der Waals surface area contributed by atoms with Gasteiger partial charge in [-0.25, -0.2) is 0 Å². The third-order valence-corrected chi connectivity index (χ3v) is 4.39. The van der Waals surface area contributed by atoms with E-state index in [2.05, 4.69) is 46.0 Å². The van der Waals surface area contributed by atoms with Gasteiger partial charge in [-0.2, -0.15) is 0 Å². The lowest BCUT2D eigenvalue weighted by Gasteiger charge is -2.36. The number of halogens is 1. The molecule has 18 heavy (non-hydrogen) atoms. The molecule has 3 N–H and O–H groups in total. The second-order valence-electron chi connectivity index (χ2n) is 5.27. The van der Waals surface area contributed by atoms with E-state index in [9.17, 15) is 5.11 Å². The Morgan fingerprint density at radius 2 is 2.22 bits per heavy atom. The van der Waals surface area contributed by atoms with Crippen molar-refractivity contribution in [1.29, 1.82) is 0 Å². The molecule has 0 radical (unpaired) electrons. The maximum Gasteiger partial charge on any atom is 0.0599 e. The van der Waals surface area contributed by atoms with Crippen LogP contribution in [0.4, 0.5) is 5.69 Å². The molecule has 1 aromatic rings. The number of nitrogens with zero attached hydrogens (tertiary/aromatic N) is 1. The average Bonchev–Trinajstić information content (AvgIpc) is 2.32. The van der Waals surface area contributed by atoms with E-state index in [0.717, 1.165) is 29.5 Å². The summed E-state index contributed by atoms with van der Waals surface area (Å²) in [6, 6.07) is 6.37. The fraction of sp³-hybridized carbons (Fsp3) is 0.571. The Labute approximate surface area is 117 Å². The number of hydrogen-bond acceptors (Lipinski definition) is 3. The molecule has 0 amide bonds. The first-order chi connectivity index (χ1) is 8.49. The van der Waals surface area contributed by atoms with Gasteiger partial charge in [0, 0.05) is 29.3 Å². The minimum absolute atomic E-state index is 0.0375. The number of rotatable bonds is 2. The van der Waals surface area contributed by atoms with Crippen LogP contribution in [0.2, 0.25) is 0 Å². The SMILES string of the molecule is CC1CN(c2ccc([C@H](C)N)c(Br)c2)CCC1O. The van der Waals surface area contributed by atoms with E-state index in [1.54, 1.807) is 0 Å². The maximum absolute atomic E-state index is 9.76. The smallest absolute Gasteiger partial charge is 0.0599 e. The summed E-state index contributed by atoms with van der Waals surface area (Å²) in [5, 5.41) is 9.76. The molecule has 2 rings (SSSR count). The van der Waals surface area contributed by atoms with E-state index >= 15 is 0 Å². The molecule has 0 saturated carbocycles. The Bertz CT molecular complexity index is 422. The topological polar surface area (TPSA) is 49.5 Å². The van der Waals surface area contributed by atoms with Crippen LogP contribution in [0.5, 0.6) is 0 Å². The van der Waals surface area contributed by atoms with Crippen LogP contribution in [0.3, 0.4) is 0 Å². The average molecular weight is 313 g/mol. The van der Waals surface area contributed by atoms with Crippen LogP contribution in [0.15, 0.2) is 22.7 Å². The van der Waals surface area contributed by atoms with E-state index in [0.29, 0.717) is 5.92 Å². The van der Waals surface area contributed by atoms with Crippen LogP contribution in [0.1, 0.15) is 31.9 Å². The van der Waals surface area contributed by atoms with E-state index in [-0.39, 0.29) is 12.1 Å². The quantitative estimate of drug-likeness (QED) is 0.882. The highest BCUT2D eigenvalue weighted by molar-refractivity contribution is 9.10. The molecule has 3 atom stereocenters. The summed E-state index contributed by atoms with van der Waals surface area (Å²) in [5.74, 6) is 0.325. The number of piperidine rings is 1. The maximum atomic E-state index is 9.76. The summed E-state index contributed by atoms with van der Waals surface area (Å²) >= 11 is 3.59. The van der Waals surface area contributed by atoms with E-state index < -0.39 is 0 Å². The Balaban J connectivity index is 2.17. The summed E-state index contributed by atoms with van der Waals surface area (Å²) in [7, 11) is 0. The minimum atomic E-state index is -0.159. The molecule has 1 heterocycles. The molecule has 100 valence electrons. The van der Waals surface area contributed by atoms with Crippen molar-refractivity contribution < 1.29 is 5.11 Å². The lowest BCUT2D eigenvalue weighted by molar-refractivity contribution is 0.0971. The van der Waals surface area contributed by atoms with Crippen molar-refractivity contribution in [3.8, 4) is 0 Å². The van der Waals surface area contributed by atoms with Gasteiger partial charge in [0.2, 0.25) is 0 Å². The molecule has 1 saturated heterocycles. The Morgan fingerprint density at radius 1 is 1.50 bits per heavy atom. The van der Waals surface area contributed by atoms with Gasteiger partial charge in [-0.1, -0.05) is 28.9 Å². The number of aliphatic hydroxyl groups excluding tert-OH is 1.